The molecule has 1 rings (SSSR count). The summed E-state index contributed by atoms with van der Waals surface area (Å²) in [6.45, 7) is 3.98. The fourth-order valence-electron chi connectivity index (χ4n) is 1.35. The Bertz CT molecular complexity index is 364. The second-order valence-electron chi connectivity index (χ2n) is 4.43. The van der Waals surface area contributed by atoms with Crippen molar-refractivity contribution in [2.75, 3.05) is 0 Å². The fourth-order valence-corrected chi connectivity index (χ4v) is 1.35. The van der Waals surface area contributed by atoms with Crippen molar-refractivity contribution in [1.29, 1.82) is 0 Å². The van der Waals surface area contributed by atoms with E-state index in [0.717, 1.165) is 13.8 Å². The molecule has 1 heterocycles. The molecule has 0 bridgehead atoms. The van der Waals surface area contributed by atoms with Crippen molar-refractivity contribution in [2.45, 2.75) is 39.8 Å². The summed E-state index contributed by atoms with van der Waals surface area (Å²) in [6.07, 6.45) is -4.11. The smallest absolute Gasteiger partial charge is 0.394 e. The van der Waals surface area contributed by atoms with Crippen LogP contribution in [0.15, 0.2) is 10.5 Å². The first-order chi connectivity index (χ1) is 7.17. The van der Waals surface area contributed by atoms with E-state index in [-0.39, 0.29) is 17.9 Å². The van der Waals surface area contributed by atoms with Crippen LogP contribution in [0, 0.1) is 5.41 Å². The first-order valence-electron chi connectivity index (χ1n) is 5.04. The first kappa shape index (κ1) is 12.9. The lowest BCUT2D eigenvalue weighted by atomic mass is 9.87. The Balaban J connectivity index is 2.88. The number of halogens is 3. The van der Waals surface area contributed by atoms with Crippen molar-refractivity contribution in [3.8, 4) is 5.75 Å². The van der Waals surface area contributed by atoms with Crippen molar-refractivity contribution >= 4 is 0 Å². The van der Waals surface area contributed by atoms with Gasteiger partial charge in [-0.05, 0) is 0 Å². The lowest BCUT2D eigenvalue weighted by Crippen LogP contribution is -2.33. The van der Waals surface area contributed by atoms with Crippen LogP contribution in [0.2, 0.25) is 0 Å². The van der Waals surface area contributed by atoms with Crippen LogP contribution in [0.25, 0.3) is 0 Å². The molecule has 0 aliphatic rings. The highest BCUT2D eigenvalue weighted by Gasteiger charge is 2.47. The Labute approximate surface area is 92.1 Å². The van der Waals surface area contributed by atoms with E-state index in [1.165, 1.54) is 6.07 Å². The number of alkyl halides is 3. The minimum absolute atomic E-state index is 0.0736. The van der Waals surface area contributed by atoms with E-state index in [9.17, 15) is 18.3 Å². The summed E-state index contributed by atoms with van der Waals surface area (Å²) in [5, 5.41) is 9.36. The molecule has 0 saturated heterocycles. The van der Waals surface area contributed by atoms with Gasteiger partial charge >= 0.3 is 6.18 Å². The van der Waals surface area contributed by atoms with Gasteiger partial charge in [-0.3, -0.25) is 0 Å². The fraction of sp³-hybridized carbons (Fsp3) is 0.636. The minimum atomic E-state index is -4.29. The molecule has 5 heteroatoms. The molecule has 0 aliphatic heterocycles. The lowest BCUT2D eigenvalue weighted by molar-refractivity contribution is -0.212. The third-order valence-corrected chi connectivity index (χ3v) is 2.54. The maximum atomic E-state index is 12.6. The topological polar surface area (TPSA) is 33.4 Å². The molecule has 16 heavy (non-hydrogen) atoms. The summed E-state index contributed by atoms with van der Waals surface area (Å²) in [7, 11) is 0. The summed E-state index contributed by atoms with van der Waals surface area (Å²) in [6, 6.07) is 1.26. The number of hydrogen-bond acceptors (Lipinski definition) is 2. The molecule has 0 atom stereocenters. The summed E-state index contributed by atoms with van der Waals surface area (Å²) in [4.78, 5) is 0. The van der Waals surface area contributed by atoms with Crippen LogP contribution in [-0.2, 0) is 12.8 Å². The Hall–Kier alpha value is -1.13. The molecule has 0 saturated carbocycles. The van der Waals surface area contributed by atoms with Crippen LogP contribution in [0.1, 0.15) is 32.3 Å². The molecule has 1 N–H and O–H groups in total. The van der Waals surface area contributed by atoms with E-state index < -0.39 is 11.6 Å². The SMILES string of the molecule is CCc1oc(CC(C)(C)C(F)(F)F)cc1O. The molecule has 2 nitrogen and oxygen atoms in total. The molecule has 1 aromatic heterocycles. The quantitative estimate of drug-likeness (QED) is 0.868. The largest absolute Gasteiger partial charge is 0.504 e. The van der Waals surface area contributed by atoms with Gasteiger partial charge < -0.3 is 9.52 Å². The number of aromatic hydroxyl groups is 1. The van der Waals surface area contributed by atoms with Crippen molar-refractivity contribution in [1.82, 2.24) is 0 Å². The highest BCUT2D eigenvalue weighted by Crippen LogP contribution is 2.41. The Kier molecular flexibility index (Phi) is 3.26. The number of furan rings is 1. The Morgan fingerprint density at radius 2 is 1.88 bits per heavy atom. The number of hydrogen-bond donors (Lipinski definition) is 1. The second kappa shape index (κ2) is 4.03. The molecule has 0 radical (unpaired) electrons. The molecule has 0 unspecified atom stereocenters. The average molecular weight is 236 g/mol. The molecule has 92 valence electrons. The first-order valence-corrected chi connectivity index (χ1v) is 5.04. The van der Waals surface area contributed by atoms with Gasteiger partial charge in [0.15, 0.2) is 5.75 Å². The molecule has 0 fully saturated rings. The molecule has 0 spiro atoms. The van der Waals surface area contributed by atoms with E-state index in [2.05, 4.69) is 0 Å². The van der Waals surface area contributed by atoms with Gasteiger partial charge in [0.1, 0.15) is 11.5 Å². The highest BCUT2D eigenvalue weighted by atomic mass is 19.4. The van der Waals surface area contributed by atoms with Gasteiger partial charge in [0.25, 0.3) is 0 Å². The van der Waals surface area contributed by atoms with Crippen molar-refractivity contribution in [3.63, 3.8) is 0 Å². The second-order valence-corrected chi connectivity index (χ2v) is 4.43. The lowest BCUT2D eigenvalue weighted by Gasteiger charge is -2.26. The van der Waals surface area contributed by atoms with Crippen molar-refractivity contribution in [2.24, 2.45) is 5.41 Å². The average Bonchev–Trinajstić information content (AvgIpc) is 2.43. The maximum absolute atomic E-state index is 12.6. The van der Waals surface area contributed by atoms with Gasteiger partial charge in [-0.2, -0.15) is 13.2 Å². The number of rotatable bonds is 3. The zero-order valence-electron chi connectivity index (χ0n) is 9.48. The predicted octanol–water partition coefficient (Wildman–Crippen LogP) is 3.68. The van der Waals surface area contributed by atoms with Crippen LogP contribution in [0.4, 0.5) is 13.2 Å². The predicted molar refractivity (Wildman–Crippen MR) is 53.3 cm³/mol. The third kappa shape index (κ3) is 2.51. The zero-order chi connectivity index (χ0) is 12.6. The van der Waals surface area contributed by atoms with Crippen LogP contribution in [0.3, 0.4) is 0 Å². The standard InChI is InChI=1S/C11H15F3O2/c1-4-9-8(15)5-7(16-9)6-10(2,3)11(12,13)14/h5,15H,4,6H2,1-3H3. The van der Waals surface area contributed by atoms with Gasteiger partial charge in [-0.25, -0.2) is 0 Å². The third-order valence-electron chi connectivity index (χ3n) is 2.54. The Morgan fingerprint density at radius 1 is 1.31 bits per heavy atom. The summed E-state index contributed by atoms with van der Waals surface area (Å²) >= 11 is 0. The zero-order valence-corrected chi connectivity index (χ0v) is 9.48. The van der Waals surface area contributed by atoms with Gasteiger partial charge in [0.2, 0.25) is 0 Å². The maximum Gasteiger partial charge on any atom is 0.394 e. The van der Waals surface area contributed by atoms with Crippen molar-refractivity contribution < 1.29 is 22.7 Å². The molecular weight excluding hydrogens is 221 g/mol. The van der Waals surface area contributed by atoms with Gasteiger partial charge in [-0.15, -0.1) is 0 Å². The van der Waals surface area contributed by atoms with Gasteiger partial charge in [-0.1, -0.05) is 20.8 Å². The normalized spacial score (nSPS) is 13.1. The highest BCUT2D eigenvalue weighted by molar-refractivity contribution is 5.27. The minimum Gasteiger partial charge on any atom is -0.504 e. The molecule has 0 aromatic carbocycles. The summed E-state index contributed by atoms with van der Waals surface area (Å²) in [5.41, 5.74) is -1.86. The number of aryl methyl sites for hydroxylation is 1. The van der Waals surface area contributed by atoms with E-state index >= 15 is 0 Å². The summed E-state index contributed by atoms with van der Waals surface area (Å²) in [5.74, 6) is 0.417. The van der Waals surface area contributed by atoms with Crippen LogP contribution in [0.5, 0.6) is 5.75 Å². The van der Waals surface area contributed by atoms with E-state index in [1.807, 2.05) is 0 Å². The van der Waals surface area contributed by atoms with E-state index in [4.69, 9.17) is 4.42 Å². The van der Waals surface area contributed by atoms with E-state index in [0.29, 0.717) is 12.2 Å². The van der Waals surface area contributed by atoms with Crippen molar-refractivity contribution in [3.05, 3.63) is 17.6 Å². The molecular formula is C11H15F3O2. The van der Waals surface area contributed by atoms with Crippen LogP contribution >= 0.6 is 0 Å². The molecule has 0 aliphatic carbocycles. The van der Waals surface area contributed by atoms with Gasteiger partial charge in [0.05, 0.1) is 5.41 Å². The van der Waals surface area contributed by atoms with Gasteiger partial charge in [0, 0.05) is 18.9 Å². The molecule has 1 aromatic rings. The van der Waals surface area contributed by atoms with Crippen LogP contribution < -0.4 is 0 Å². The van der Waals surface area contributed by atoms with E-state index in [1.54, 1.807) is 6.92 Å². The molecule has 0 amide bonds. The van der Waals surface area contributed by atoms with Crippen LogP contribution in [-0.4, -0.2) is 11.3 Å². The Morgan fingerprint density at radius 3 is 2.25 bits per heavy atom. The summed E-state index contributed by atoms with van der Waals surface area (Å²) < 4.78 is 43.0. The monoisotopic (exact) mass is 236 g/mol.